The van der Waals surface area contributed by atoms with Crippen LogP contribution in [-0.4, -0.2) is 39.2 Å². The van der Waals surface area contributed by atoms with E-state index in [2.05, 4.69) is 5.32 Å². The number of benzene rings is 1. The molecule has 4 N–H and O–H groups in total. The van der Waals surface area contributed by atoms with Crippen LogP contribution < -0.4 is 5.32 Å². The molecule has 1 fully saturated rings. The van der Waals surface area contributed by atoms with Crippen LogP contribution in [0.4, 0.5) is 0 Å². The third-order valence-electron chi connectivity index (χ3n) is 5.04. The first-order valence-electron chi connectivity index (χ1n) is 8.09. The first kappa shape index (κ1) is 17.0. The standard InChI is InChI=1S/C18H19NO6/c20-12-5-1-9(2-6-12)7-13(17(22)23)19-16(21)14-10-3-4-11(8-10)15(14)18(24)25/h1-6,10-11,13-15,20H,7-8H2,(H,19,21)(H,22,23)(H,24,25)/t10-,11-,13-,14+,15-/m0/s1. The minimum Gasteiger partial charge on any atom is -0.508 e. The molecule has 0 aromatic heterocycles. The van der Waals surface area contributed by atoms with Crippen LogP contribution in [0.5, 0.6) is 5.75 Å². The lowest BCUT2D eigenvalue weighted by atomic mass is 9.82. The van der Waals surface area contributed by atoms with Crippen molar-refractivity contribution in [1.82, 2.24) is 5.32 Å². The van der Waals surface area contributed by atoms with E-state index >= 15 is 0 Å². The van der Waals surface area contributed by atoms with Gasteiger partial charge in [0.05, 0.1) is 11.8 Å². The molecule has 132 valence electrons. The SMILES string of the molecule is O=C(O)[C@@H]1[C@H](C(=O)N[C@@H](Cc2ccc(O)cc2)C(=O)O)[C@H]2C=C[C@H]1C2. The van der Waals surface area contributed by atoms with Crippen molar-refractivity contribution in [3.8, 4) is 5.75 Å². The first-order valence-corrected chi connectivity index (χ1v) is 8.09. The fourth-order valence-electron chi connectivity index (χ4n) is 3.85. The summed E-state index contributed by atoms with van der Waals surface area (Å²) in [7, 11) is 0. The maximum Gasteiger partial charge on any atom is 0.326 e. The van der Waals surface area contributed by atoms with E-state index in [1.165, 1.54) is 12.1 Å². The zero-order chi connectivity index (χ0) is 18.1. The van der Waals surface area contributed by atoms with Crippen molar-refractivity contribution in [3.05, 3.63) is 42.0 Å². The topological polar surface area (TPSA) is 124 Å². The van der Waals surface area contributed by atoms with Gasteiger partial charge in [0.15, 0.2) is 0 Å². The lowest BCUT2D eigenvalue weighted by molar-refractivity contribution is -0.148. The smallest absolute Gasteiger partial charge is 0.326 e. The van der Waals surface area contributed by atoms with Gasteiger partial charge in [0, 0.05) is 6.42 Å². The van der Waals surface area contributed by atoms with Gasteiger partial charge in [-0.3, -0.25) is 9.59 Å². The summed E-state index contributed by atoms with van der Waals surface area (Å²) >= 11 is 0. The van der Waals surface area contributed by atoms with Gasteiger partial charge in [-0.25, -0.2) is 4.79 Å². The highest BCUT2D eigenvalue weighted by atomic mass is 16.4. The quantitative estimate of drug-likeness (QED) is 0.571. The number of carboxylic acids is 2. The number of hydrogen-bond donors (Lipinski definition) is 4. The van der Waals surface area contributed by atoms with E-state index < -0.39 is 35.7 Å². The van der Waals surface area contributed by atoms with Crippen molar-refractivity contribution < 1.29 is 29.7 Å². The number of aliphatic carboxylic acids is 2. The molecule has 7 heteroatoms. The fraction of sp³-hybridized carbons (Fsp3) is 0.389. The molecule has 2 bridgehead atoms. The molecule has 25 heavy (non-hydrogen) atoms. The van der Waals surface area contributed by atoms with Crippen molar-refractivity contribution in [1.29, 1.82) is 0 Å². The number of carboxylic acid groups (broad SMARTS) is 2. The van der Waals surface area contributed by atoms with Gasteiger partial charge in [-0.1, -0.05) is 24.3 Å². The molecular weight excluding hydrogens is 326 g/mol. The predicted octanol–water partition coefficient (Wildman–Crippen LogP) is 1.03. The van der Waals surface area contributed by atoms with Crippen molar-refractivity contribution in [2.24, 2.45) is 23.7 Å². The Kier molecular flexibility index (Phi) is 4.48. The van der Waals surface area contributed by atoms with Gasteiger partial charge in [-0.05, 0) is 36.0 Å². The van der Waals surface area contributed by atoms with Crippen LogP contribution in [0, 0.1) is 23.7 Å². The minimum absolute atomic E-state index is 0.0513. The van der Waals surface area contributed by atoms with E-state index in [9.17, 15) is 29.7 Å². The van der Waals surface area contributed by atoms with Gasteiger partial charge < -0.3 is 20.6 Å². The second-order valence-electron chi connectivity index (χ2n) is 6.61. The average molecular weight is 345 g/mol. The Morgan fingerprint density at radius 1 is 1.04 bits per heavy atom. The van der Waals surface area contributed by atoms with Gasteiger partial charge in [-0.2, -0.15) is 0 Å². The molecular formula is C18H19NO6. The summed E-state index contributed by atoms with van der Waals surface area (Å²) in [6.45, 7) is 0. The number of hydrogen-bond acceptors (Lipinski definition) is 4. The molecule has 1 aromatic rings. The Hall–Kier alpha value is -2.83. The van der Waals surface area contributed by atoms with Gasteiger partial charge >= 0.3 is 11.9 Å². The predicted molar refractivity (Wildman–Crippen MR) is 86.7 cm³/mol. The Morgan fingerprint density at radius 3 is 2.20 bits per heavy atom. The number of rotatable bonds is 6. The zero-order valence-corrected chi connectivity index (χ0v) is 13.3. The Balaban J connectivity index is 1.72. The van der Waals surface area contributed by atoms with Crippen LogP contribution in [-0.2, 0) is 20.8 Å². The molecule has 1 saturated carbocycles. The van der Waals surface area contributed by atoms with E-state index in [0.29, 0.717) is 12.0 Å². The highest BCUT2D eigenvalue weighted by molar-refractivity contribution is 5.89. The number of phenols is 1. The first-order chi connectivity index (χ1) is 11.9. The molecule has 7 nitrogen and oxygen atoms in total. The lowest BCUT2D eigenvalue weighted by Crippen LogP contribution is -2.48. The molecule has 1 amide bonds. The average Bonchev–Trinajstić information content (AvgIpc) is 3.17. The normalized spacial score (nSPS) is 27.8. The summed E-state index contributed by atoms with van der Waals surface area (Å²) < 4.78 is 0. The number of fused-ring (bicyclic) bond motifs is 2. The van der Waals surface area contributed by atoms with E-state index in [0.717, 1.165) is 0 Å². The number of phenolic OH excluding ortho intramolecular Hbond substituents is 1. The summed E-state index contributed by atoms with van der Waals surface area (Å²) in [6.07, 6.45) is 4.35. The third-order valence-corrected chi connectivity index (χ3v) is 5.04. The monoisotopic (exact) mass is 345 g/mol. The molecule has 3 rings (SSSR count). The van der Waals surface area contributed by atoms with Crippen molar-refractivity contribution in [3.63, 3.8) is 0 Å². The molecule has 0 aliphatic heterocycles. The number of nitrogens with one attached hydrogen (secondary N) is 1. The van der Waals surface area contributed by atoms with E-state index in [1.807, 2.05) is 12.2 Å². The summed E-state index contributed by atoms with van der Waals surface area (Å²) in [5.74, 6) is -4.55. The van der Waals surface area contributed by atoms with E-state index in [4.69, 9.17) is 0 Å². The van der Waals surface area contributed by atoms with E-state index in [1.54, 1.807) is 12.1 Å². The molecule has 5 atom stereocenters. The van der Waals surface area contributed by atoms with Crippen LogP contribution in [0.2, 0.25) is 0 Å². The maximum absolute atomic E-state index is 12.6. The van der Waals surface area contributed by atoms with Gasteiger partial charge in [0.2, 0.25) is 5.91 Å². The number of carbonyl (C=O) groups is 3. The molecule has 0 spiro atoms. The zero-order valence-electron chi connectivity index (χ0n) is 13.3. The van der Waals surface area contributed by atoms with E-state index in [-0.39, 0.29) is 24.0 Å². The Morgan fingerprint density at radius 2 is 1.64 bits per heavy atom. The Labute approximate surface area is 144 Å². The minimum atomic E-state index is -1.19. The van der Waals surface area contributed by atoms with Gasteiger partial charge in [0.1, 0.15) is 11.8 Å². The van der Waals surface area contributed by atoms with Crippen LogP contribution in [0.25, 0.3) is 0 Å². The highest BCUT2D eigenvalue weighted by Crippen LogP contribution is 2.48. The molecule has 0 radical (unpaired) electrons. The molecule has 0 heterocycles. The van der Waals surface area contributed by atoms with Crippen molar-refractivity contribution >= 4 is 17.8 Å². The highest BCUT2D eigenvalue weighted by Gasteiger charge is 2.52. The second-order valence-corrected chi connectivity index (χ2v) is 6.61. The lowest BCUT2D eigenvalue weighted by Gasteiger charge is -2.25. The van der Waals surface area contributed by atoms with Crippen LogP contribution in [0.1, 0.15) is 12.0 Å². The van der Waals surface area contributed by atoms with Crippen LogP contribution in [0.15, 0.2) is 36.4 Å². The molecule has 0 saturated heterocycles. The fourth-order valence-corrected chi connectivity index (χ4v) is 3.85. The van der Waals surface area contributed by atoms with Crippen LogP contribution in [0.3, 0.4) is 0 Å². The summed E-state index contributed by atoms with van der Waals surface area (Å²) in [5.41, 5.74) is 0.646. The summed E-state index contributed by atoms with van der Waals surface area (Å²) in [6, 6.07) is 4.89. The number of allylic oxidation sites excluding steroid dienone is 2. The summed E-state index contributed by atoms with van der Waals surface area (Å²) in [5, 5.41) is 30.6. The molecule has 0 unspecified atom stereocenters. The third kappa shape index (κ3) is 3.35. The number of aromatic hydroxyl groups is 1. The molecule has 2 aliphatic rings. The van der Waals surface area contributed by atoms with Crippen LogP contribution >= 0.6 is 0 Å². The summed E-state index contributed by atoms with van der Waals surface area (Å²) in [4.78, 5) is 35.6. The second kappa shape index (κ2) is 6.58. The van der Waals surface area contributed by atoms with Gasteiger partial charge in [-0.15, -0.1) is 0 Å². The molecule has 1 aromatic carbocycles. The maximum atomic E-state index is 12.6. The van der Waals surface area contributed by atoms with Crippen molar-refractivity contribution in [2.45, 2.75) is 18.9 Å². The van der Waals surface area contributed by atoms with Crippen molar-refractivity contribution in [2.75, 3.05) is 0 Å². The number of amides is 1. The Bertz CT molecular complexity index is 726. The molecule has 2 aliphatic carbocycles. The number of carbonyl (C=O) groups excluding carboxylic acids is 1. The largest absolute Gasteiger partial charge is 0.508 e. The van der Waals surface area contributed by atoms with Gasteiger partial charge in [0.25, 0.3) is 0 Å².